The van der Waals surface area contributed by atoms with E-state index >= 15 is 0 Å². The van der Waals surface area contributed by atoms with Crippen LogP contribution in [0.3, 0.4) is 0 Å². The molecule has 0 aliphatic rings. The maximum atomic E-state index is 10.2. The van der Waals surface area contributed by atoms with Gasteiger partial charge < -0.3 is 10.2 Å². The van der Waals surface area contributed by atoms with Crippen molar-refractivity contribution >= 4 is 35.5 Å². The Balaban J connectivity index is 0. The molecule has 86 valence electrons. The van der Waals surface area contributed by atoms with Gasteiger partial charge in [0.1, 0.15) is 0 Å². The van der Waals surface area contributed by atoms with Gasteiger partial charge in [-0.25, -0.2) is 0 Å². The molecule has 15 heavy (non-hydrogen) atoms. The zero-order valence-electron chi connectivity index (χ0n) is 9.04. The Bertz CT molecular complexity index is 151. The van der Waals surface area contributed by atoms with Crippen LogP contribution in [0.15, 0.2) is 0 Å². The molecule has 0 saturated heterocycles. The van der Waals surface area contributed by atoms with Crippen LogP contribution < -0.4 is 0 Å². The van der Waals surface area contributed by atoms with Crippen LogP contribution in [0.1, 0.15) is 58.3 Å². The molecule has 0 bridgehead atoms. The Kier molecular flexibility index (Phi) is 14.8. The molecule has 0 rings (SSSR count). The Morgan fingerprint density at radius 2 is 1.73 bits per heavy atom. The van der Waals surface area contributed by atoms with E-state index in [0.29, 0.717) is 6.42 Å². The molecule has 0 saturated carbocycles. The third-order valence-electron chi connectivity index (χ3n) is 2.33. The summed E-state index contributed by atoms with van der Waals surface area (Å²) in [6, 6.07) is 0. The topological polar surface area (TPSA) is 57.5 Å². The van der Waals surface area contributed by atoms with Gasteiger partial charge in [0, 0.05) is 6.42 Å². The van der Waals surface area contributed by atoms with Gasteiger partial charge in [-0.15, -0.1) is 0 Å². The monoisotopic (exact) mass is 226 g/mol. The van der Waals surface area contributed by atoms with E-state index in [1.165, 1.54) is 19.3 Å². The summed E-state index contributed by atoms with van der Waals surface area (Å²) in [5, 5.41) is 17.8. The third kappa shape index (κ3) is 14.4. The first-order chi connectivity index (χ1) is 6.66. The van der Waals surface area contributed by atoms with Gasteiger partial charge in [-0.1, -0.05) is 39.0 Å². The van der Waals surface area contributed by atoms with Crippen LogP contribution in [0.5, 0.6) is 0 Å². The average Bonchev–Trinajstić information content (AvgIpc) is 2.14. The van der Waals surface area contributed by atoms with Crippen LogP contribution in [0.4, 0.5) is 0 Å². The Hall–Kier alpha value is 0.430. The molecule has 0 spiro atoms. The van der Waals surface area contributed by atoms with E-state index in [9.17, 15) is 9.90 Å². The first kappa shape index (κ1) is 17.8. The summed E-state index contributed by atoms with van der Waals surface area (Å²) in [6.07, 6.45) is 6.66. The molecule has 4 heteroatoms. The molecule has 0 aliphatic heterocycles. The SMILES string of the molecule is CCCCCCCC(O)CCC(=O)O.[NaH]. The molecule has 0 aromatic rings. The minimum atomic E-state index is -0.824. The summed E-state index contributed by atoms with van der Waals surface area (Å²) < 4.78 is 0. The van der Waals surface area contributed by atoms with Crippen molar-refractivity contribution in [1.29, 1.82) is 0 Å². The number of hydrogen-bond acceptors (Lipinski definition) is 2. The molecule has 0 aliphatic carbocycles. The van der Waals surface area contributed by atoms with Crippen molar-refractivity contribution in [3.63, 3.8) is 0 Å². The number of carboxylic acids is 1. The van der Waals surface area contributed by atoms with Gasteiger partial charge in [0.25, 0.3) is 0 Å². The molecule has 0 radical (unpaired) electrons. The van der Waals surface area contributed by atoms with Crippen molar-refractivity contribution in [3.05, 3.63) is 0 Å². The summed E-state index contributed by atoms with van der Waals surface area (Å²) in [4.78, 5) is 10.2. The van der Waals surface area contributed by atoms with E-state index in [4.69, 9.17) is 5.11 Å². The molecular formula is C11H23NaO3. The Morgan fingerprint density at radius 3 is 2.27 bits per heavy atom. The predicted octanol–water partition coefficient (Wildman–Crippen LogP) is 1.92. The maximum absolute atomic E-state index is 10.2. The van der Waals surface area contributed by atoms with Gasteiger partial charge in [0.15, 0.2) is 0 Å². The fourth-order valence-electron chi connectivity index (χ4n) is 1.42. The van der Waals surface area contributed by atoms with Gasteiger partial charge in [-0.2, -0.15) is 0 Å². The molecule has 0 amide bonds. The average molecular weight is 226 g/mol. The Labute approximate surface area is 115 Å². The van der Waals surface area contributed by atoms with E-state index in [-0.39, 0.29) is 36.0 Å². The van der Waals surface area contributed by atoms with Crippen molar-refractivity contribution < 1.29 is 15.0 Å². The molecule has 2 N–H and O–H groups in total. The van der Waals surface area contributed by atoms with E-state index in [0.717, 1.165) is 19.3 Å². The standard InChI is InChI=1S/C11H22O3.Na.H/c1-2-3-4-5-6-7-10(12)8-9-11(13)14;;/h10,12H,2-9H2,1H3,(H,13,14);;. The van der Waals surface area contributed by atoms with Gasteiger partial charge in [0.2, 0.25) is 0 Å². The van der Waals surface area contributed by atoms with Crippen LogP contribution in [0.25, 0.3) is 0 Å². The Morgan fingerprint density at radius 1 is 1.13 bits per heavy atom. The van der Waals surface area contributed by atoms with E-state index in [1.807, 2.05) is 0 Å². The summed E-state index contributed by atoms with van der Waals surface area (Å²) in [7, 11) is 0. The number of hydrogen-bond donors (Lipinski definition) is 2. The third-order valence-corrected chi connectivity index (χ3v) is 2.33. The van der Waals surface area contributed by atoms with Gasteiger partial charge in [-0.05, 0) is 12.8 Å². The number of aliphatic hydroxyl groups is 1. The van der Waals surface area contributed by atoms with Gasteiger partial charge in [0.05, 0.1) is 6.10 Å². The van der Waals surface area contributed by atoms with E-state index in [1.54, 1.807) is 0 Å². The summed E-state index contributed by atoms with van der Waals surface area (Å²) >= 11 is 0. The number of rotatable bonds is 9. The fraction of sp³-hybridized carbons (Fsp3) is 0.909. The predicted molar refractivity (Wildman–Crippen MR) is 63.4 cm³/mol. The second-order valence-electron chi connectivity index (χ2n) is 3.79. The molecule has 0 heterocycles. The molecular weight excluding hydrogens is 203 g/mol. The second kappa shape index (κ2) is 12.5. The molecule has 3 nitrogen and oxygen atoms in total. The van der Waals surface area contributed by atoms with E-state index < -0.39 is 12.1 Å². The van der Waals surface area contributed by atoms with Crippen LogP contribution in [-0.4, -0.2) is 51.8 Å². The molecule has 0 aromatic heterocycles. The molecule has 0 fully saturated rings. The first-order valence-corrected chi connectivity index (χ1v) is 5.56. The van der Waals surface area contributed by atoms with Crippen molar-refractivity contribution in [2.45, 2.75) is 64.4 Å². The first-order valence-electron chi connectivity index (χ1n) is 5.56. The van der Waals surface area contributed by atoms with Crippen molar-refractivity contribution in [2.24, 2.45) is 0 Å². The molecule has 0 aromatic carbocycles. The number of aliphatic carboxylic acids is 1. The van der Waals surface area contributed by atoms with Crippen molar-refractivity contribution in [2.75, 3.05) is 0 Å². The van der Waals surface area contributed by atoms with Gasteiger partial charge >= 0.3 is 35.5 Å². The van der Waals surface area contributed by atoms with Crippen molar-refractivity contribution in [1.82, 2.24) is 0 Å². The quantitative estimate of drug-likeness (QED) is 0.466. The number of carbonyl (C=O) groups is 1. The fourth-order valence-corrected chi connectivity index (χ4v) is 1.42. The van der Waals surface area contributed by atoms with Crippen LogP contribution in [-0.2, 0) is 4.79 Å². The number of aliphatic hydroxyl groups excluding tert-OH is 1. The zero-order chi connectivity index (χ0) is 10.8. The molecule has 1 unspecified atom stereocenters. The number of carboxylic acid groups (broad SMARTS) is 1. The summed E-state index contributed by atoms with van der Waals surface area (Å²) in [5.74, 6) is -0.824. The van der Waals surface area contributed by atoms with Crippen molar-refractivity contribution in [3.8, 4) is 0 Å². The molecule has 1 atom stereocenters. The zero-order valence-corrected chi connectivity index (χ0v) is 9.04. The second-order valence-corrected chi connectivity index (χ2v) is 3.79. The summed E-state index contributed by atoms with van der Waals surface area (Å²) in [5.41, 5.74) is 0. The van der Waals surface area contributed by atoms with Crippen LogP contribution in [0, 0.1) is 0 Å². The normalized spacial score (nSPS) is 11.9. The summed E-state index contributed by atoms with van der Waals surface area (Å²) in [6.45, 7) is 2.17. The number of unbranched alkanes of at least 4 members (excludes halogenated alkanes) is 4. The van der Waals surface area contributed by atoms with Crippen LogP contribution in [0.2, 0.25) is 0 Å². The minimum absolute atomic E-state index is 0. The van der Waals surface area contributed by atoms with E-state index in [2.05, 4.69) is 6.92 Å². The van der Waals surface area contributed by atoms with Gasteiger partial charge in [-0.3, -0.25) is 4.79 Å². The van der Waals surface area contributed by atoms with Crippen LogP contribution >= 0.6 is 0 Å².